The second kappa shape index (κ2) is 10.4. The SMILES string of the molecule is CN=C(NCc1sc(-c2ccccc2)nc1C)NCC(C)(C)SC.I. The molecule has 0 amide bonds. The van der Waals surface area contributed by atoms with Gasteiger partial charge in [-0.2, -0.15) is 11.8 Å². The highest BCUT2D eigenvalue weighted by Gasteiger charge is 2.16. The standard InChI is InChI=1S/C18H26N4S2.HI/c1-13-15(24-16(22-13)14-9-7-6-8-10-14)11-20-17(19-4)21-12-18(2,3)23-5;/h6-10H,11-12H2,1-5H3,(H2,19,20,21);1H. The maximum absolute atomic E-state index is 4.70. The average Bonchev–Trinajstić information content (AvgIpc) is 2.97. The molecule has 138 valence electrons. The Morgan fingerprint density at radius 2 is 1.92 bits per heavy atom. The van der Waals surface area contributed by atoms with E-state index >= 15 is 0 Å². The fraction of sp³-hybridized carbons (Fsp3) is 0.444. The van der Waals surface area contributed by atoms with Crippen LogP contribution in [-0.4, -0.2) is 35.5 Å². The summed E-state index contributed by atoms with van der Waals surface area (Å²) >= 11 is 3.58. The predicted octanol–water partition coefficient (Wildman–Crippen LogP) is 4.54. The number of guanidine groups is 1. The summed E-state index contributed by atoms with van der Waals surface area (Å²) in [7, 11) is 1.80. The van der Waals surface area contributed by atoms with Crippen LogP contribution in [0.1, 0.15) is 24.4 Å². The lowest BCUT2D eigenvalue weighted by molar-refractivity contribution is 0.664. The van der Waals surface area contributed by atoms with Crippen molar-refractivity contribution in [2.75, 3.05) is 19.8 Å². The molecular formula is C18H27IN4S2. The molecule has 1 aromatic heterocycles. The van der Waals surface area contributed by atoms with Gasteiger partial charge in [0.05, 0.1) is 12.2 Å². The lowest BCUT2D eigenvalue weighted by Crippen LogP contribution is -2.42. The van der Waals surface area contributed by atoms with E-state index in [2.05, 4.69) is 54.8 Å². The number of aryl methyl sites for hydroxylation is 1. The third-order valence-electron chi connectivity index (χ3n) is 3.79. The summed E-state index contributed by atoms with van der Waals surface area (Å²) < 4.78 is 0.179. The number of nitrogens with zero attached hydrogens (tertiary/aromatic N) is 2. The lowest BCUT2D eigenvalue weighted by Gasteiger charge is -2.23. The van der Waals surface area contributed by atoms with Crippen molar-refractivity contribution >= 4 is 53.0 Å². The van der Waals surface area contributed by atoms with Gasteiger partial charge in [-0.05, 0) is 27.0 Å². The van der Waals surface area contributed by atoms with Gasteiger partial charge in [-0.1, -0.05) is 30.3 Å². The van der Waals surface area contributed by atoms with Gasteiger partial charge in [-0.25, -0.2) is 4.98 Å². The van der Waals surface area contributed by atoms with Gasteiger partial charge in [-0.3, -0.25) is 4.99 Å². The van der Waals surface area contributed by atoms with Crippen LogP contribution in [0.5, 0.6) is 0 Å². The first-order valence-corrected chi connectivity index (χ1v) is 10.0. The van der Waals surface area contributed by atoms with E-state index in [1.54, 1.807) is 18.4 Å². The van der Waals surface area contributed by atoms with Crippen molar-refractivity contribution in [2.24, 2.45) is 4.99 Å². The van der Waals surface area contributed by atoms with Crippen molar-refractivity contribution in [1.82, 2.24) is 15.6 Å². The molecule has 0 spiro atoms. The van der Waals surface area contributed by atoms with Gasteiger partial charge in [0.1, 0.15) is 5.01 Å². The number of aromatic nitrogens is 1. The minimum Gasteiger partial charge on any atom is -0.355 e. The molecule has 0 aliphatic heterocycles. The number of halogens is 1. The van der Waals surface area contributed by atoms with Crippen LogP contribution in [0.15, 0.2) is 35.3 Å². The zero-order valence-electron chi connectivity index (χ0n) is 15.4. The normalized spacial score (nSPS) is 11.8. The Bertz CT molecular complexity index is 684. The zero-order valence-corrected chi connectivity index (χ0v) is 19.4. The molecule has 0 unspecified atom stereocenters. The van der Waals surface area contributed by atoms with Crippen molar-refractivity contribution in [3.05, 3.63) is 40.9 Å². The number of thiazole rings is 1. The molecule has 0 atom stereocenters. The minimum atomic E-state index is 0. The number of aliphatic imine (C=N–C) groups is 1. The highest BCUT2D eigenvalue weighted by Crippen LogP contribution is 2.27. The van der Waals surface area contributed by atoms with Crippen LogP contribution in [0, 0.1) is 6.92 Å². The van der Waals surface area contributed by atoms with Crippen LogP contribution >= 0.6 is 47.1 Å². The van der Waals surface area contributed by atoms with Gasteiger partial charge in [0.15, 0.2) is 5.96 Å². The van der Waals surface area contributed by atoms with Gasteiger partial charge in [-0.15, -0.1) is 35.3 Å². The van der Waals surface area contributed by atoms with Crippen LogP contribution in [-0.2, 0) is 6.54 Å². The minimum absolute atomic E-state index is 0. The molecule has 0 fully saturated rings. The first-order valence-electron chi connectivity index (χ1n) is 7.96. The van der Waals surface area contributed by atoms with Gasteiger partial charge < -0.3 is 10.6 Å². The van der Waals surface area contributed by atoms with E-state index in [0.717, 1.165) is 29.8 Å². The molecule has 0 aliphatic rings. The molecule has 4 nitrogen and oxygen atoms in total. The molecule has 0 radical (unpaired) electrons. The number of hydrogen-bond donors (Lipinski definition) is 2. The number of thioether (sulfide) groups is 1. The summed E-state index contributed by atoms with van der Waals surface area (Å²) in [5.41, 5.74) is 2.24. The first-order chi connectivity index (χ1) is 11.4. The van der Waals surface area contributed by atoms with Crippen molar-refractivity contribution in [3.63, 3.8) is 0 Å². The molecule has 1 heterocycles. The molecule has 25 heavy (non-hydrogen) atoms. The Morgan fingerprint density at radius 1 is 1.24 bits per heavy atom. The van der Waals surface area contributed by atoms with E-state index in [1.807, 2.05) is 30.0 Å². The van der Waals surface area contributed by atoms with Gasteiger partial charge in [0.2, 0.25) is 0 Å². The molecule has 2 rings (SSSR count). The maximum atomic E-state index is 4.70. The van der Waals surface area contributed by atoms with Crippen LogP contribution < -0.4 is 10.6 Å². The second-order valence-corrected chi connectivity index (χ2v) is 8.73. The lowest BCUT2D eigenvalue weighted by atomic mass is 10.2. The molecule has 1 aromatic carbocycles. The highest BCUT2D eigenvalue weighted by molar-refractivity contribution is 14.0. The Hall–Kier alpha value is -0.800. The first kappa shape index (κ1) is 22.2. The molecule has 7 heteroatoms. The fourth-order valence-corrected chi connectivity index (χ4v) is 3.27. The monoisotopic (exact) mass is 490 g/mol. The van der Waals surface area contributed by atoms with E-state index in [4.69, 9.17) is 4.98 Å². The number of rotatable bonds is 6. The predicted molar refractivity (Wildman–Crippen MR) is 123 cm³/mol. The summed E-state index contributed by atoms with van der Waals surface area (Å²) in [6.45, 7) is 8.10. The number of hydrogen-bond acceptors (Lipinski definition) is 4. The third-order valence-corrected chi connectivity index (χ3v) is 6.24. The van der Waals surface area contributed by atoms with E-state index in [-0.39, 0.29) is 28.7 Å². The highest BCUT2D eigenvalue weighted by atomic mass is 127. The Balaban J connectivity index is 0.00000312. The Morgan fingerprint density at radius 3 is 2.52 bits per heavy atom. The summed E-state index contributed by atoms with van der Waals surface area (Å²) in [4.78, 5) is 10.2. The molecule has 2 N–H and O–H groups in total. The van der Waals surface area contributed by atoms with Crippen molar-refractivity contribution < 1.29 is 0 Å². The summed E-state index contributed by atoms with van der Waals surface area (Å²) in [6, 6.07) is 10.3. The van der Waals surface area contributed by atoms with E-state index in [9.17, 15) is 0 Å². The van der Waals surface area contributed by atoms with Crippen LogP contribution in [0.25, 0.3) is 10.6 Å². The molecule has 0 saturated heterocycles. The Kier molecular flexibility index (Phi) is 9.23. The van der Waals surface area contributed by atoms with E-state index in [1.165, 1.54) is 10.4 Å². The van der Waals surface area contributed by atoms with Crippen LogP contribution in [0.2, 0.25) is 0 Å². The molecular weight excluding hydrogens is 463 g/mol. The summed E-state index contributed by atoms with van der Waals surface area (Å²) in [5.74, 6) is 0.825. The Labute approximate surface area is 176 Å². The van der Waals surface area contributed by atoms with Crippen LogP contribution in [0.4, 0.5) is 0 Å². The maximum Gasteiger partial charge on any atom is 0.191 e. The fourth-order valence-electron chi connectivity index (χ4n) is 2.05. The number of benzene rings is 1. The van der Waals surface area contributed by atoms with Crippen molar-refractivity contribution in [1.29, 1.82) is 0 Å². The van der Waals surface area contributed by atoms with E-state index in [0.29, 0.717) is 0 Å². The molecule has 0 saturated carbocycles. The second-order valence-electron chi connectivity index (χ2n) is 6.14. The van der Waals surface area contributed by atoms with Gasteiger partial charge in [0, 0.05) is 28.8 Å². The van der Waals surface area contributed by atoms with Crippen LogP contribution in [0.3, 0.4) is 0 Å². The topological polar surface area (TPSA) is 49.3 Å². The zero-order chi connectivity index (χ0) is 17.6. The number of nitrogens with one attached hydrogen (secondary N) is 2. The molecule has 0 bridgehead atoms. The average molecular weight is 490 g/mol. The van der Waals surface area contributed by atoms with Gasteiger partial charge >= 0.3 is 0 Å². The quantitative estimate of drug-likeness (QED) is 0.355. The summed E-state index contributed by atoms with van der Waals surface area (Å²) in [6.07, 6.45) is 2.13. The molecule has 2 aromatic rings. The largest absolute Gasteiger partial charge is 0.355 e. The van der Waals surface area contributed by atoms with Crippen molar-refractivity contribution in [2.45, 2.75) is 32.1 Å². The smallest absolute Gasteiger partial charge is 0.191 e. The van der Waals surface area contributed by atoms with Crippen molar-refractivity contribution in [3.8, 4) is 10.6 Å². The van der Waals surface area contributed by atoms with Gasteiger partial charge in [0.25, 0.3) is 0 Å². The summed E-state index contributed by atoms with van der Waals surface area (Å²) in [5, 5.41) is 7.85. The van der Waals surface area contributed by atoms with E-state index < -0.39 is 0 Å². The third kappa shape index (κ3) is 6.79. The molecule has 0 aliphatic carbocycles.